The Bertz CT molecular complexity index is 759. The van der Waals surface area contributed by atoms with Crippen LogP contribution in [-0.4, -0.2) is 67.0 Å². The van der Waals surface area contributed by atoms with Gasteiger partial charge in [0, 0.05) is 44.8 Å². The minimum atomic E-state index is -3.09. The average Bonchev–Trinajstić information content (AvgIpc) is 2.61. The third kappa shape index (κ3) is 4.29. The Balaban J connectivity index is 1.53. The van der Waals surface area contributed by atoms with Gasteiger partial charge in [-0.05, 0) is 32.3 Å². The van der Waals surface area contributed by atoms with Crippen molar-refractivity contribution in [3.63, 3.8) is 0 Å². The first-order valence-corrected chi connectivity index (χ1v) is 11.1. The van der Waals surface area contributed by atoms with Crippen LogP contribution in [-0.2, 0) is 10.0 Å². The fourth-order valence-electron chi connectivity index (χ4n) is 3.27. The fourth-order valence-corrected chi connectivity index (χ4v) is 4.74. The van der Waals surface area contributed by atoms with Gasteiger partial charge >= 0.3 is 0 Å². The van der Waals surface area contributed by atoms with Gasteiger partial charge in [0.2, 0.25) is 10.0 Å². The second kappa shape index (κ2) is 8.10. The standard InChI is InChI=1S/C17H25ClN4O3S/c1-2-26(24,25)22-11-13(12-22)9-19-16-15(18)8-14(10-20-16)17(23)21-6-4-3-5-7-21/h8,10,13H,2-7,9,11-12H2,1H3,(H,19,20). The lowest BCUT2D eigenvalue weighted by atomic mass is 10.0. The number of rotatable bonds is 6. The lowest BCUT2D eigenvalue weighted by molar-refractivity contribution is 0.0724. The highest BCUT2D eigenvalue weighted by Crippen LogP contribution is 2.24. The second-order valence-corrected chi connectivity index (χ2v) is 9.54. The Kier molecular flexibility index (Phi) is 6.04. The molecule has 2 saturated heterocycles. The maximum atomic E-state index is 12.5. The maximum Gasteiger partial charge on any atom is 0.255 e. The quantitative estimate of drug-likeness (QED) is 0.790. The predicted molar refractivity (Wildman–Crippen MR) is 102 cm³/mol. The fraction of sp³-hybridized carbons (Fsp3) is 0.647. The van der Waals surface area contributed by atoms with Gasteiger partial charge in [0.1, 0.15) is 5.82 Å². The number of aromatic nitrogens is 1. The maximum absolute atomic E-state index is 12.5. The summed E-state index contributed by atoms with van der Waals surface area (Å²) >= 11 is 6.28. The van der Waals surface area contributed by atoms with E-state index in [1.54, 1.807) is 19.2 Å². The molecule has 7 nitrogen and oxygen atoms in total. The number of carbonyl (C=O) groups is 1. The molecule has 0 spiro atoms. The minimum Gasteiger partial charge on any atom is -0.368 e. The molecule has 0 saturated carbocycles. The number of pyridine rings is 1. The van der Waals surface area contributed by atoms with Crippen LogP contribution in [0.15, 0.2) is 12.3 Å². The van der Waals surface area contributed by atoms with Gasteiger partial charge < -0.3 is 10.2 Å². The van der Waals surface area contributed by atoms with Gasteiger partial charge in [0.15, 0.2) is 0 Å². The highest BCUT2D eigenvalue weighted by atomic mass is 35.5. The molecule has 1 N–H and O–H groups in total. The van der Waals surface area contributed by atoms with Crippen LogP contribution < -0.4 is 5.32 Å². The minimum absolute atomic E-state index is 0.0231. The second-order valence-electron chi connectivity index (χ2n) is 6.87. The molecule has 144 valence electrons. The number of halogens is 1. The van der Waals surface area contributed by atoms with Crippen molar-refractivity contribution in [1.82, 2.24) is 14.2 Å². The number of hydrogen-bond donors (Lipinski definition) is 1. The summed E-state index contributed by atoms with van der Waals surface area (Å²) < 4.78 is 24.9. The number of hydrogen-bond acceptors (Lipinski definition) is 5. The van der Waals surface area contributed by atoms with Crippen molar-refractivity contribution in [2.24, 2.45) is 5.92 Å². The molecule has 26 heavy (non-hydrogen) atoms. The van der Waals surface area contributed by atoms with Gasteiger partial charge in [-0.2, -0.15) is 0 Å². The molecule has 3 heterocycles. The van der Waals surface area contributed by atoms with Crippen molar-refractivity contribution < 1.29 is 13.2 Å². The Morgan fingerprint density at radius 2 is 2.00 bits per heavy atom. The van der Waals surface area contributed by atoms with E-state index in [1.165, 1.54) is 10.7 Å². The predicted octanol–water partition coefficient (Wildman–Crippen LogP) is 2.05. The molecular formula is C17H25ClN4O3S. The first kappa shape index (κ1) is 19.4. The van der Waals surface area contributed by atoms with E-state index in [0.717, 1.165) is 25.9 Å². The van der Waals surface area contributed by atoms with Crippen LogP contribution in [0.5, 0.6) is 0 Å². The van der Waals surface area contributed by atoms with Gasteiger partial charge in [0.25, 0.3) is 5.91 Å². The molecule has 1 aromatic heterocycles. The number of sulfonamides is 1. The summed E-state index contributed by atoms with van der Waals surface area (Å²) in [6, 6.07) is 1.66. The van der Waals surface area contributed by atoms with Gasteiger partial charge in [-0.15, -0.1) is 0 Å². The normalized spacial score (nSPS) is 19.2. The van der Waals surface area contributed by atoms with Crippen molar-refractivity contribution in [3.05, 3.63) is 22.8 Å². The molecule has 3 rings (SSSR count). The van der Waals surface area contributed by atoms with E-state index in [9.17, 15) is 13.2 Å². The molecule has 2 aliphatic heterocycles. The first-order chi connectivity index (χ1) is 12.4. The number of likely N-dealkylation sites (tertiary alicyclic amines) is 1. The first-order valence-electron chi connectivity index (χ1n) is 9.07. The number of nitrogens with one attached hydrogen (secondary N) is 1. The van der Waals surface area contributed by atoms with E-state index >= 15 is 0 Å². The van der Waals surface area contributed by atoms with Gasteiger partial charge in [-0.1, -0.05) is 11.6 Å². The Morgan fingerprint density at radius 3 is 2.62 bits per heavy atom. The zero-order valence-corrected chi connectivity index (χ0v) is 16.5. The Hall–Kier alpha value is -1.38. The molecule has 1 aromatic rings. The summed E-state index contributed by atoms with van der Waals surface area (Å²) in [6.07, 6.45) is 4.81. The molecule has 1 amide bonds. The lowest BCUT2D eigenvalue weighted by Gasteiger charge is -2.38. The smallest absolute Gasteiger partial charge is 0.255 e. The molecule has 0 aromatic carbocycles. The highest BCUT2D eigenvalue weighted by Gasteiger charge is 2.34. The van der Waals surface area contributed by atoms with E-state index < -0.39 is 10.0 Å². The molecule has 0 unspecified atom stereocenters. The highest BCUT2D eigenvalue weighted by molar-refractivity contribution is 7.89. The van der Waals surface area contributed by atoms with Crippen LogP contribution in [0.1, 0.15) is 36.5 Å². The monoisotopic (exact) mass is 400 g/mol. The molecule has 0 bridgehead atoms. The number of nitrogens with zero attached hydrogens (tertiary/aromatic N) is 3. The van der Waals surface area contributed by atoms with Crippen molar-refractivity contribution >= 4 is 33.3 Å². The van der Waals surface area contributed by atoms with Crippen molar-refractivity contribution in [3.8, 4) is 0 Å². The largest absolute Gasteiger partial charge is 0.368 e. The number of anilines is 1. The third-order valence-corrected chi connectivity index (χ3v) is 7.07. The van der Waals surface area contributed by atoms with Gasteiger partial charge in [-0.25, -0.2) is 17.7 Å². The van der Waals surface area contributed by atoms with Crippen LogP contribution in [0.2, 0.25) is 5.02 Å². The number of piperidine rings is 1. The van der Waals surface area contributed by atoms with Crippen molar-refractivity contribution in [1.29, 1.82) is 0 Å². The number of carbonyl (C=O) groups excluding carboxylic acids is 1. The number of amides is 1. The summed E-state index contributed by atoms with van der Waals surface area (Å²) in [4.78, 5) is 18.6. The van der Waals surface area contributed by atoms with E-state index in [-0.39, 0.29) is 17.6 Å². The van der Waals surface area contributed by atoms with Crippen LogP contribution >= 0.6 is 11.6 Å². The molecule has 0 atom stereocenters. The summed E-state index contributed by atoms with van der Waals surface area (Å²) in [5.74, 6) is 0.875. The van der Waals surface area contributed by atoms with Gasteiger partial charge in [0.05, 0.1) is 16.3 Å². The van der Waals surface area contributed by atoms with E-state index in [4.69, 9.17) is 11.6 Å². The van der Waals surface area contributed by atoms with E-state index in [0.29, 0.717) is 36.0 Å². The van der Waals surface area contributed by atoms with E-state index in [1.807, 2.05) is 4.90 Å². The van der Waals surface area contributed by atoms with E-state index in [2.05, 4.69) is 10.3 Å². The molecule has 0 aliphatic carbocycles. The van der Waals surface area contributed by atoms with Crippen molar-refractivity contribution in [2.75, 3.05) is 43.8 Å². The molecular weight excluding hydrogens is 376 g/mol. The Labute approximate surface area is 159 Å². The Morgan fingerprint density at radius 1 is 1.31 bits per heavy atom. The summed E-state index contributed by atoms with van der Waals surface area (Å²) in [5.41, 5.74) is 0.506. The average molecular weight is 401 g/mol. The van der Waals surface area contributed by atoms with Crippen molar-refractivity contribution in [2.45, 2.75) is 26.2 Å². The topological polar surface area (TPSA) is 82.6 Å². The summed E-state index contributed by atoms with van der Waals surface area (Å²) in [7, 11) is -3.09. The SMILES string of the molecule is CCS(=O)(=O)N1CC(CNc2ncc(C(=O)N3CCCCC3)cc2Cl)C1. The summed E-state index contributed by atoms with van der Waals surface area (Å²) in [6.45, 7) is 4.86. The molecule has 2 aliphatic rings. The summed E-state index contributed by atoms with van der Waals surface area (Å²) in [5, 5.41) is 3.57. The van der Waals surface area contributed by atoms with Crippen LogP contribution in [0.3, 0.4) is 0 Å². The van der Waals surface area contributed by atoms with Gasteiger partial charge in [-0.3, -0.25) is 4.79 Å². The molecule has 0 radical (unpaired) electrons. The zero-order valence-electron chi connectivity index (χ0n) is 14.9. The lowest BCUT2D eigenvalue weighted by Crippen LogP contribution is -2.52. The zero-order chi connectivity index (χ0) is 18.7. The third-order valence-electron chi connectivity index (χ3n) is 4.97. The van der Waals surface area contributed by atoms with Crippen LogP contribution in [0.25, 0.3) is 0 Å². The van der Waals surface area contributed by atoms with Crippen LogP contribution in [0.4, 0.5) is 5.82 Å². The molecule has 9 heteroatoms. The molecule has 2 fully saturated rings. The van der Waals surface area contributed by atoms with Crippen LogP contribution in [0, 0.1) is 5.92 Å².